The summed E-state index contributed by atoms with van der Waals surface area (Å²) in [6, 6.07) is 7.15. The highest BCUT2D eigenvalue weighted by atomic mass is 16.5. The molecule has 0 radical (unpaired) electrons. The third-order valence-electron chi connectivity index (χ3n) is 4.83. The van der Waals surface area contributed by atoms with Gasteiger partial charge in [0, 0.05) is 11.6 Å². The first-order valence-electron chi connectivity index (χ1n) is 13.3. The fourth-order valence-electron chi connectivity index (χ4n) is 3.65. The molecule has 0 spiro atoms. The molecule has 2 rings (SSSR count). The van der Waals surface area contributed by atoms with E-state index >= 15 is 0 Å². The first-order chi connectivity index (χ1) is 17.8. The largest absolute Gasteiger partial charge is 0.493 e. The zero-order chi connectivity index (χ0) is 28.6. The molecule has 0 aliphatic rings. The van der Waals surface area contributed by atoms with Gasteiger partial charge >= 0.3 is 0 Å². The van der Waals surface area contributed by atoms with Gasteiger partial charge in [0.2, 0.25) is 0 Å². The van der Waals surface area contributed by atoms with Crippen molar-refractivity contribution in [2.75, 3.05) is 7.11 Å². The van der Waals surface area contributed by atoms with Crippen LogP contribution < -0.4 is 28.4 Å². The summed E-state index contributed by atoms with van der Waals surface area (Å²) < 4.78 is 35.7. The number of methoxy groups -OCH3 is 1. The van der Waals surface area contributed by atoms with E-state index in [1.165, 1.54) is 6.08 Å². The quantitative estimate of drug-likeness (QED) is 0.185. The van der Waals surface area contributed by atoms with Crippen LogP contribution in [0.3, 0.4) is 0 Å². The molecule has 0 unspecified atom stereocenters. The van der Waals surface area contributed by atoms with E-state index in [4.69, 9.17) is 28.4 Å². The monoisotopic (exact) mass is 528 g/mol. The minimum absolute atomic E-state index is 0.0368. The number of carbonyl (C=O) groups excluding carboxylic acids is 1. The Morgan fingerprint density at radius 3 is 1.66 bits per heavy atom. The fraction of sp³-hybridized carbons (Fsp3) is 0.516. The van der Waals surface area contributed by atoms with E-state index in [0.29, 0.717) is 45.6 Å². The van der Waals surface area contributed by atoms with E-state index in [1.54, 1.807) is 31.4 Å². The maximum Gasteiger partial charge on any atom is 0.193 e. The lowest BCUT2D eigenvalue weighted by Crippen LogP contribution is -2.16. The Balaban J connectivity index is 2.69. The van der Waals surface area contributed by atoms with Crippen LogP contribution in [0, 0.1) is 0 Å². The SMILES string of the molecule is COc1cc(OC(C)C)cc(C=CC(=O)c2c(OC(C)C)ccc(OC(C)C)c2OC(C)C)c1OC(C)C. The lowest BCUT2D eigenvalue weighted by Gasteiger charge is -2.22. The van der Waals surface area contributed by atoms with E-state index < -0.39 is 0 Å². The van der Waals surface area contributed by atoms with Crippen molar-refractivity contribution in [1.29, 1.82) is 0 Å². The molecule has 0 fully saturated rings. The minimum Gasteiger partial charge on any atom is -0.493 e. The summed E-state index contributed by atoms with van der Waals surface area (Å²) in [5.74, 6) is 2.62. The van der Waals surface area contributed by atoms with Crippen LogP contribution in [0.5, 0.6) is 34.5 Å². The van der Waals surface area contributed by atoms with Crippen molar-refractivity contribution in [2.24, 2.45) is 0 Å². The van der Waals surface area contributed by atoms with E-state index in [0.717, 1.165) is 0 Å². The third kappa shape index (κ3) is 8.89. The maximum atomic E-state index is 13.8. The Morgan fingerprint density at radius 1 is 0.632 bits per heavy atom. The molecule has 0 aromatic heterocycles. The van der Waals surface area contributed by atoms with E-state index in [1.807, 2.05) is 75.3 Å². The van der Waals surface area contributed by atoms with E-state index in [-0.39, 0.29) is 36.3 Å². The molecule has 210 valence electrons. The molecule has 7 nitrogen and oxygen atoms in total. The number of ether oxygens (including phenoxy) is 6. The van der Waals surface area contributed by atoms with Gasteiger partial charge in [-0.2, -0.15) is 0 Å². The number of hydrogen-bond acceptors (Lipinski definition) is 7. The lowest BCUT2D eigenvalue weighted by molar-refractivity contribution is 0.103. The van der Waals surface area contributed by atoms with E-state index in [9.17, 15) is 4.79 Å². The second-order valence-electron chi connectivity index (χ2n) is 10.3. The van der Waals surface area contributed by atoms with Crippen molar-refractivity contribution >= 4 is 11.9 Å². The summed E-state index contributed by atoms with van der Waals surface area (Å²) in [5.41, 5.74) is 0.948. The van der Waals surface area contributed by atoms with Crippen LogP contribution in [-0.4, -0.2) is 43.4 Å². The van der Waals surface area contributed by atoms with Crippen molar-refractivity contribution in [3.63, 3.8) is 0 Å². The summed E-state index contributed by atoms with van der Waals surface area (Å²) in [6.07, 6.45) is 2.60. The van der Waals surface area contributed by atoms with Gasteiger partial charge in [-0.25, -0.2) is 0 Å². The van der Waals surface area contributed by atoms with Crippen LogP contribution >= 0.6 is 0 Å². The van der Waals surface area contributed by atoms with Crippen LogP contribution in [0.1, 0.15) is 85.2 Å². The zero-order valence-corrected chi connectivity index (χ0v) is 24.7. The van der Waals surface area contributed by atoms with Gasteiger partial charge in [-0.05, 0) is 99.6 Å². The standard InChI is InChI=1S/C31H44O7/c1-18(2)34-24-16-23(30(37-21(7)8)28(17-24)33-11)12-13-25(32)29-26(35-19(3)4)14-15-27(36-20(5)6)31(29)38-22(9)10/h12-22H,1-11H3. The van der Waals surface area contributed by atoms with Crippen LogP contribution in [0.25, 0.3) is 6.08 Å². The highest BCUT2D eigenvalue weighted by Gasteiger charge is 2.24. The number of rotatable bonds is 14. The molecule has 0 N–H and O–H groups in total. The van der Waals surface area contributed by atoms with Gasteiger partial charge in [0.1, 0.15) is 17.1 Å². The summed E-state index contributed by atoms with van der Waals surface area (Å²) >= 11 is 0. The van der Waals surface area contributed by atoms with Crippen molar-refractivity contribution in [1.82, 2.24) is 0 Å². The summed E-state index contributed by atoms with van der Waals surface area (Å²) in [5, 5.41) is 0. The molecule has 0 aliphatic carbocycles. The highest BCUT2D eigenvalue weighted by Crippen LogP contribution is 2.41. The molecule has 0 saturated heterocycles. The number of hydrogen-bond donors (Lipinski definition) is 0. The van der Waals surface area contributed by atoms with Crippen molar-refractivity contribution in [2.45, 2.75) is 99.8 Å². The Hall–Kier alpha value is -3.35. The number of carbonyl (C=O) groups is 1. The number of benzene rings is 2. The second kappa shape index (κ2) is 14.0. The van der Waals surface area contributed by atoms with Gasteiger partial charge in [0.15, 0.2) is 28.8 Å². The molecule has 2 aromatic carbocycles. The van der Waals surface area contributed by atoms with Crippen LogP contribution in [0.4, 0.5) is 0 Å². The van der Waals surface area contributed by atoms with Crippen molar-refractivity contribution in [3.05, 3.63) is 41.5 Å². The molecule has 0 heterocycles. The van der Waals surface area contributed by atoms with Gasteiger partial charge < -0.3 is 28.4 Å². The Morgan fingerprint density at radius 2 is 1.13 bits per heavy atom. The zero-order valence-electron chi connectivity index (χ0n) is 24.7. The van der Waals surface area contributed by atoms with Crippen LogP contribution in [0.15, 0.2) is 30.3 Å². The number of allylic oxidation sites excluding steroid dienone is 1. The van der Waals surface area contributed by atoms with Gasteiger partial charge in [-0.1, -0.05) is 0 Å². The molecule has 0 saturated carbocycles. The Labute approximate surface area is 228 Å². The fourth-order valence-corrected chi connectivity index (χ4v) is 3.65. The second-order valence-corrected chi connectivity index (χ2v) is 10.3. The average molecular weight is 529 g/mol. The summed E-state index contributed by atoms with van der Waals surface area (Å²) in [7, 11) is 1.58. The lowest BCUT2D eigenvalue weighted by atomic mass is 10.0. The predicted molar refractivity (Wildman–Crippen MR) is 152 cm³/mol. The Kier molecular flexibility index (Phi) is 11.4. The molecular formula is C31H44O7. The Bertz CT molecular complexity index is 1100. The first kappa shape index (κ1) is 30.9. The maximum absolute atomic E-state index is 13.8. The molecule has 0 atom stereocenters. The minimum atomic E-state index is -0.296. The first-order valence-corrected chi connectivity index (χ1v) is 13.3. The van der Waals surface area contributed by atoms with Crippen molar-refractivity contribution < 1.29 is 33.2 Å². The highest BCUT2D eigenvalue weighted by molar-refractivity contribution is 6.11. The molecule has 0 amide bonds. The third-order valence-corrected chi connectivity index (χ3v) is 4.83. The smallest absolute Gasteiger partial charge is 0.193 e. The molecule has 38 heavy (non-hydrogen) atoms. The molecule has 7 heteroatoms. The van der Waals surface area contributed by atoms with Gasteiger partial charge in [0.25, 0.3) is 0 Å². The van der Waals surface area contributed by atoms with Gasteiger partial charge in [-0.15, -0.1) is 0 Å². The molecular weight excluding hydrogens is 484 g/mol. The topological polar surface area (TPSA) is 72.5 Å². The predicted octanol–water partition coefficient (Wildman–Crippen LogP) is 7.53. The molecule has 0 bridgehead atoms. The van der Waals surface area contributed by atoms with Crippen molar-refractivity contribution in [3.8, 4) is 34.5 Å². The molecule has 0 aliphatic heterocycles. The molecule has 2 aromatic rings. The van der Waals surface area contributed by atoms with E-state index in [2.05, 4.69) is 0 Å². The van der Waals surface area contributed by atoms with Crippen LogP contribution in [0.2, 0.25) is 0 Å². The van der Waals surface area contributed by atoms with Gasteiger partial charge in [-0.3, -0.25) is 4.79 Å². The normalized spacial score (nSPS) is 11.7. The van der Waals surface area contributed by atoms with Crippen LogP contribution in [-0.2, 0) is 0 Å². The van der Waals surface area contributed by atoms with Gasteiger partial charge in [0.05, 0.1) is 37.6 Å². The summed E-state index contributed by atoms with van der Waals surface area (Å²) in [6.45, 7) is 19.2. The average Bonchev–Trinajstić information content (AvgIpc) is 2.78. The number of ketones is 1. The summed E-state index contributed by atoms with van der Waals surface area (Å²) in [4.78, 5) is 13.8.